The lowest BCUT2D eigenvalue weighted by Gasteiger charge is -2.10. The van der Waals surface area contributed by atoms with Gasteiger partial charge in [0.15, 0.2) is 0 Å². The molecular formula is C13H12IN3. The number of halogens is 1. The quantitative estimate of drug-likeness (QED) is 0.663. The normalized spacial score (nSPS) is 9.94. The van der Waals surface area contributed by atoms with Crippen molar-refractivity contribution in [2.24, 2.45) is 0 Å². The van der Waals surface area contributed by atoms with Crippen molar-refractivity contribution in [1.82, 2.24) is 4.98 Å². The summed E-state index contributed by atoms with van der Waals surface area (Å²) in [4.78, 5) is 3.98. The summed E-state index contributed by atoms with van der Waals surface area (Å²) in [7, 11) is 0. The lowest BCUT2D eigenvalue weighted by atomic mass is 10.2. The van der Waals surface area contributed by atoms with Gasteiger partial charge in [0, 0.05) is 30.2 Å². The zero-order valence-corrected chi connectivity index (χ0v) is 11.3. The van der Waals surface area contributed by atoms with E-state index >= 15 is 0 Å². The molecule has 2 N–H and O–H groups in total. The van der Waals surface area contributed by atoms with E-state index in [0.29, 0.717) is 3.72 Å². The van der Waals surface area contributed by atoms with Crippen LogP contribution in [-0.4, -0.2) is 8.70 Å². The smallest absolute Gasteiger partial charge is 0.101 e. The Hall–Kier alpha value is -1.43. The van der Waals surface area contributed by atoms with Gasteiger partial charge in [0.05, 0.1) is 0 Å². The molecule has 2 aromatic rings. The Bertz CT molecular complexity index is 511. The van der Waals surface area contributed by atoms with Gasteiger partial charge in [0.25, 0.3) is 0 Å². The highest BCUT2D eigenvalue weighted by Crippen LogP contribution is 2.18. The van der Waals surface area contributed by atoms with Gasteiger partial charge >= 0.3 is 0 Å². The van der Waals surface area contributed by atoms with Crippen LogP contribution in [0.3, 0.4) is 0 Å². The topological polar surface area (TPSA) is 48.8 Å². The van der Waals surface area contributed by atoms with Crippen molar-refractivity contribution < 1.29 is 0 Å². The van der Waals surface area contributed by atoms with E-state index in [1.54, 1.807) is 12.4 Å². The number of aromatic nitrogens is 1. The number of para-hydroxylation sites is 1. The molecule has 0 unspecified atom stereocenters. The van der Waals surface area contributed by atoms with Crippen LogP contribution < -0.4 is 5.32 Å². The first-order valence-corrected chi connectivity index (χ1v) is 6.31. The second kappa shape index (κ2) is 5.77. The minimum Gasteiger partial charge on any atom is -0.380 e. The van der Waals surface area contributed by atoms with Gasteiger partial charge in [-0.05, 0) is 46.4 Å². The maximum absolute atomic E-state index is 7.70. The second-order valence-corrected chi connectivity index (χ2v) is 4.65. The molecular weight excluding hydrogens is 325 g/mol. The minimum absolute atomic E-state index is 0.542. The van der Waals surface area contributed by atoms with Crippen LogP contribution in [0.1, 0.15) is 11.1 Å². The Morgan fingerprint density at radius 1 is 1.18 bits per heavy atom. The summed E-state index contributed by atoms with van der Waals surface area (Å²) in [5.74, 6) is 0. The minimum atomic E-state index is 0.542. The monoisotopic (exact) mass is 337 g/mol. The van der Waals surface area contributed by atoms with Gasteiger partial charge in [-0.25, -0.2) is 0 Å². The highest BCUT2D eigenvalue weighted by atomic mass is 127. The van der Waals surface area contributed by atoms with Crippen LogP contribution in [0.15, 0.2) is 48.8 Å². The van der Waals surface area contributed by atoms with E-state index in [9.17, 15) is 0 Å². The lowest BCUT2D eigenvalue weighted by Crippen LogP contribution is -2.03. The van der Waals surface area contributed by atoms with E-state index in [1.807, 2.05) is 59.0 Å². The van der Waals surface area contributed by atoms with Gasteiger partial charge in [0.1, 0.15) is 3.72 Å². The number of hydrogen-bond donors (Lipinski definition) is 2. The zero-order valence-electron chi connectivity index (χ0n) is 9.15. The molecule has 17 heavy (non-hydrogen) atoms. The fraction of sp³-hybridized carbons (Fsp3) is 0.0769. The summed E-state index contributed by atoms with van der Waals surface area (Å²) < 4.78 is 0.542. The third-order valence-electron chi connectivity index (χ3n) is 2.40. The number of pyridine rings is 1. The summed E-state index contributed by atoms with van der Waals surface area (Å²) in [5, 5.41) is 11.0. The Morgan fingerprint density at radius 3 is 2.59 bits per heavy atom. The van der Waals surface area contributed by atoms with Crippen LogP contribution in [0.2, 0.25) is 0 Å². The Kier molecular flexibility index (Phi) is 4.08. The molecule has 4 heteroatoms. The van der Waals surface area contributed by atoms with Crippen LogP contribution in [0.5, 0.6) is 0 Å². The van der Waals surface area contributed by atoms with Gasteiger partial charge in [-0.15, -0.1) is 0 Å². The molecule has 0 bridgehead atoms. The Morgan fingerprint density at radius 2 is 1.88 bits per heavy atom. The summed E-state index contributed by atoms with van der Waals surface area (Å²) in [6.45, 7) is 0.740. The predicted octanol–water partition coefficient (Wildman–Crippen LogP) is 3.45. The van der Waals surface area contributed by atoms with Crippen LogP contribution in [-0.2, 0) is 6.54 Å². The van der Waals surface area contributed by atoms with Crippen molar-refractivity contribution >= 4 is 32.0 Å². The molecule has 0 spiro atoms. The third-order valence-corrected chi connectivity index (χ3v) is 2.98. The standard InChI is InChI=1S/C13H12IN3/c14-13(15)11-3-1-2-4-12(11)17-9-10-5-7-16-8-6-10/h1-8,15,17H,9H2. The van der Waals surface area contributed by atoms with Crippen molar-refractivity contribution in [3.8, 4) is 0 Å². The predicted molar refractivity (Wildman–Crippen MR) is 78.9 cm³/mol. The van der Waals surface area contributed by atoms with Crippen molar-refractivity contribution in [2.75, 3.05) is 5.32 Å². The summed E-state index contributed by atoms with van der Waals surface area (Å²) in [6.07, 6.45) is 3.56. The van der Waals surface area contributed by atoms with E-state index in [2.05, 4.69) is 10.3 Å². The first-order valence-electron chi connectivity index (χ1n) is 5.23. The molecule has 0 amide bonds. The number of benzene rings is 1. The fourth-order valence-electron chi connectivity index (χ4n) is 1.53. The molecule has 1 heterocycles. The number of hydrogen-bond acceptors (Lipinski definition) is 3. The Balaban J connectivity index is 2.12. The number of nitrogens with one attached hydrogen (secondary N) is 2. The fourth-order valence-corrected chi connectivity index (χ4v) is 2.00. The average molecular weight is 337 g/mol. The number of rotatable bonds is 4. The largest absolute Gasteiger partial charge is 0.380 e. The third kappa shape index (κ3) is 3.26. The molecule has 0 radical (unpaired) electrons. The van der Waals surface area contributed by atoms with E-state index in [0.717, 1.165) is 17.8 Å². The molecule has 0 atom stereocenters. The molecule has 1 aromatic heterocycles. The van der Waals surface area contributed by atoms with E-state index in [4.69, 9.17) is 5.41 Å². The zero-order chi connectivity index (χ0) is 12.1. The summed E-state index contributed by atoms with van der Waals surface area (Å²) in [6, 6.07) is 11.8. The van der Waals surface area contributed by atoms with Crippen LogP contribution >= 0.6 is 22.6 Å². The molecule has 0 fully saturated rings. The molecule has 1 aromatic carbocycles. The Labute approximate surface area is 114 Å². The molecule has 3 nitrogen and oxygen atoms in total. The lowest BCUT2D eigenvalue weighted by molar-refractivity contribution is 1.13. The van der Waals surface area contributed by atoms with E-state index < -0.39 is 0 Å². The summed E-state index contributed by atoms with van der Waals surface area (Å²) >= 11 is 2.02. The van der Waals surface area contributed by atoms with Crippen LogP contribution in [0, 0.1) is 5.41 Å². The van der Waals surface area contributed by atoms with Crippen LogP contribution in [0.25, 0.3) is 0 Å². The average Bonchev–Trinajstić information content (AvgIpc) is 2.38. The molecule has 0 aliphatic rings. The van der Waals surface area contributed by atoms with Gasteiger partial charge in [-0.3, -0.25) is 10.4 Å². The van der Waals surface area contributed by atoms with Gasteiger partial charge < -0.3 is 5.32 Å². The summed E-state index contributed by atoms with van der Waals surface area (Å²) in [5.41, 5.74) is 3.10. The van der Waals surface area contributed by atoms with Crippen molar-refractivity contribution in [1.29, 1.82) is 5.41 Å². The van der Waals surface area contributed by atoms with E-state index in [1.165, 1.54) is 5.56 Å². The number of anilines is 1. The maximum Gasteiger partial charge on any atom is 0.101 e. The maximum atomic E-state index is 7.70. The van der Waals surface area contributed by atoms with E-state index in [-0.39, 0.29) is 0 Å². The first-order chi connectivity index (χ1) is 8.27. The van der Waals surface area contributed by atoms with Gasteiger partial charge in [-0.1, -0.05) is 18.2 Å². The second-order valence-electron chi connectivity index (χ2n) is 3.57. The van der Waals surface area contributed by atoms with Crippen LogP contribution in [0.4, 0.5) is 5.69 Å². The van der Waals surface area contributed by atoms with Crippen molar-refractivity contribution in [2.45, 2.75) is 6.54 Å². The molecule has 2 rings (SSSR count). The molecule has 0 saturated carbocycles. The first kappa shape index (κ1) is 12.0. The SMILES string of the molecule is N=C(I)c1ccccc1NCc1ccncc1. The molecule has 86 valence electrons. The van der Waals surface area contributed by atoms with Gasteiger partial charge in [0.2, 0.25) is 0 Å². The van der Waals surface area contributed by atoms with Gasteiger partial charge in [-0.2, -0.15) is 0 Å². The highest BCUT2D eigenvalue weighted by Gasteiger charge is 2.03. The highest BCUT2D eigenvalue weighted by molar-refractivity contribution is 14.1. The molecule has 0 saturated heterocycles. The van der Waals surface area contributed by atoms with Crippen molar-refractivity contribution in [3.63, 3.8) is 0 Å². The molecule has 0 aliphatic heterocycles. The molecule has 0 aliphatic carbocycles. The van der Waals surface area contributed by atoms with Crippen molar-refractivity contribution in [3.05, 3.63) is 59.9 Å². The number of nitrogens with zero attached hydrogens (tertiary/aromatic N) is 1.